The number of hydrogen-bond donors (Lipinski definition) is 1. The van der Waals surface area contributed by atoms with Gasteiger partial charge in [-0.05, 0) is 55.9 Å². The molecule has 0 fully saturated rings. The highest BCUT2D eigenvalue weighted by atomic mass is 32.2. The van der Waals surface area contributed by atoms with Crippen LogP contribution in [-0.2, 0) is 16.4 Å². The average molecular weight is 393 g/mol. The summed E-state index contributed by atoms with van der Waals surface area (Å²) in [5.41, 5.74) is 2.03. The Bertz CT molecular complexity index is 849. The molecule has 0 aliphatic rings. The molecule has 27 heavy (non-hydrogen) atoms. The zero-order chi connectivity index (χ0) is 20.0. The maximum Gasteiger partial charge on any atom is 0.240 e. The summed E-state index contributed by atoms with van der Waals surface area (Å²) in [5.74, 6) is 1.25. The van der Waals surface area contributed by atoms with Gasteiger partial charge < -0.3 is 14.4 Å². The van der Waals surface area contributed by atoms with Crippen molar-refractivity contribution < 1.29 is 17.9 Å². The summed E-state index contributed by atoms with van der Waals surface area (Å²) in [6.45, 7) is 2.27. The Morgan fingerprint density at radius 3 is 2.15 bits per heavy atom. The maximum absolute atomic E-state index is 12.6. The van der Waals surface area contributed by atoms with Crippen LogP contribution in [0.5, 0.6) is 11.5 Å². The number of aryl methyl sites for hydroxylation is 1. The number of rotatable bonds is 9. The molecule has 0 aliphatic carbocycles. The lowest BCUT2D eigenvalue weighted by Crippen LogP contribution is -2.34. The molecule has 0 aromatic heterocycles. The van der Waals surface area contributed by atoms with E-state index in [1.807, 2.05) is 56.3 Å². The highest BCUT2D eigenvalue weighted by Gasteiger charge is 2.21. The minimum absolute atomic E-state index is 0.158. The second-order valence-electron chi connectivity index (χ2n) is 6.44. The minimum atomic E-state index is -3.58. The fourth-order valence-corrected chi connectivity index (χ4v) is 3.87. The second-order valence-corrected chi connectivity index (χ2v) is 8.21. The molecular formula is C20H28N2O4S. The van der Waals surface area contributed by atoms with Crippen molar-refractivity contribution in [3.8, 4) is 11.5 Å². The average Bonchev–Trinajstić information content (AvgIpc) is 2.67. The van der Waals surface area contributed by atoms with Crippen molar-refractivity contribution in [1.82, 2.24) is 9.62 Å². The summed E-state index contributed by atoms with van der Waals surface area (Å²) >= 11 is 0. The lowest BCUT2D eigenvalue weighted by atomic mass is 10.1. The molecule has 0 aliphatic heterocycles. The van der Waals surface area contributed by atoms with Gasteiger partial charge in [-0.1, -0.05) is 25.1 Å². The third-order valence-corrected chi connectivity index (χ3v) is 5.96. The SMILES string of the molecule is CCc1ccc(S(=O)(=O)NCC(c2ccc(OC)c(OC)c2)N(C)C)cc1. The maximum atomic E-state index is 12.6. The number of methoxy groups -OCH3 is 2. The zero-order valence-corrected chi connectivity index (χ0v) is 17.3. The molecule has 1 atom stereocenters. The summed E-state index contributed by atoms with van der Waals surface area (Å²) < 4.78 is 38.6. The molecule has 6 nitrogen and oxygen atoms in total. The first kappa shape index (κ1) is 21.2. The monoisotopic (exact) mass is 392 g/mol. The van der Waals surface area contributed by atoms with E-state index >= 15 is 0 Å². The molecule has 0 spiro atoms. The van der Waals surface area contributed by atoms with Crippen molar-refractivity contribution >= 4 is 10.0 Å². The highest BCUT2D eigenvalue weighted by Crippen LogP contribution is 2.31. The van der Waals surface area contributed by atoms with Gasteiger partial charge in [0.2, 0.25) is 10.0 Å². The number of likely N-dealkylation sites (N-methyl/N-ethyl adjacent to an activating group) is 1. The third kappa shape index (κ3) is 5.22. The van der Waals surface area contributed by atoms with Crippen molar-refractivity contribution in [3.05, 3.63) is 53.6 Å². The van der Waals surface area contributed by atoms with E-state index in [0.717, 1.165) is 17.5 Å². The largest absolute Gasteiger partial charge is 0.493 e. The number of benzene rings is 2. The molecular weight excluding hydrogens is 364 g/mol. The first-order chi connectivity index (χ1) is 12.8. The van der Waals surface area contributed by atoms with Crippen molar-refractivity contribution in [2.45, 2.75) is 24.3 Å². The summed E-state index contributed by atoms with van der Waals surface area (Å²) in [7, 11) is 3.39. The van der Waals surface area contributed by atoms with Gasteiger partial charge >= 0.3 is 0 Å². The third-order valence-electron chi connectivity index (χ3n) is 4.52. The topological polar surface area (TPSA) is 67.9 Å². The van der Waals surface area contributed by atoms with E-state index in [2.05, 4.69) is 4.72 Å². The van der Waals surface area contributed by atoms with Gasteiger partial charge in [0.05, 0.1) is 19.1 Å². The number of nitrogens with one attached hydrogen (secondary N) is 1. The van der Waals surface area contributed by atoms with E-state index < -0.39 is 10.0 Å². The molecule has 0 saturated heterocycles. The standard InChI is InChI=1S/C20H28N2O4S/c1-6-15-7-10-17(11-8-15)27(23,24)21-14-18(22(2)3)16-9-12-19(25-4)20(13-16)26-5/h7-13,18,21H,6,14H2,1-5H3. The van der Waals surface area contributed by atoms with Crippen LogP contribution in [0.15, 0.2) is 47.4 Å². The van der Waals surface area contributed by atoms with Crippen LogP contribution < -0.4 is 14.2 Å². The summed E-state index contributed by atoms with van der Waals surface area (Å²) in [4.78, 5) is 2.23. The van der Waals surface area contributed by atoms with Crippen LogP contribution in [0.2, 0.25) is 0 Å². The van der Waals surface area contributed by atoms with Gasteiger partial charge in [-0.15, -0.1) is 0 Å². The van der Waals surface area contributed by atoms with Crippen molar-refractivity contribution in [3.63, 3.8) is 0 Å². The van der Waals surface area contributed by atoms with Crippen LogP contribution in [0.25, 0.3) is 0 Å². The zero-order valence-electron chi connectivity index (χ0n) is 16.5. The van der Waals surface area contributed by atoms with E-state index in [9.17, 15) is 8.42 Å². The van der Waals surface area contributed by atoms with Gasteiger partial charge in [-0.25, -0.2) is 13.1 Å². The number of hydrogen-bond acceptors (Lipinski definition) is 5. The Kier molecular flexibility index (Phi) is 7.24. The van der Waals surface area contributed by atoms with Gasteiger partial charge in [0.25, 0.3) is 0 Å². The molecule has 1 unspecified atom stereocenters. The number of ether oxygens (including phenoxy) is 2. The van der Waals surface area contributed by atoms with Crippen LogP contribution in [0.4, 0.5) is 0 Å². The van der Waals surface area contributed by atoms with Crippen molar-refractivity contribution in [2.24, 2.45) is 0 Å². The molecule has 2 aromatic carbocycles. The van der Waals surface area contributed by atoms with Crippen molar-refractivity contribution in [2.75, 3.05) is 34.9 Å². The second kappa shape index (κ2) is 9.21. The molecule has 0 heterocycles. The smallest absolute Gasteiger partial charge is 0.240 e. The molecule has 148 valence electrons. The Labute approximate surface area is 162 Å². The van der Waals surface area contributed by atoms with E-state index in [1.165, 1.54) is 0 Å². The van der Waals surface area contributed by atoms with Crippen LogP contribution in [0.3, 0.4) is 0 Å². The van der Waals surface area contributed by atoms with Crippen LogP contribution in [0, 0.1) is 0 Å². The Balaban J connectivity index is 2.21. The van der Waals surface area contributed by atoms with Gasteiger partial charge in [-0.2, -0.15) is 0 Å². The van der Waals surface area contributed by atoms with Gasteiger partial charge in [0.1, 0.15) is 0 Å². The Morgan fingerprint density at radius 2 is 1.63 bits per heavy atom. The van der Waals surface area contributed by atoms with Crippen molar-refractivity contribution in [1.29, 1.82) is 0 Å². The van der Waals surface area contributed by atoms with Gasteiger partial charge in [-0.3, -0.25) is 0 Å². The minimum Gasteiger partial charge on any atom is -0.493 e. The first-order valence-corrected chi connectivity index (χ1v) is 10.3. The van der Waals surface area contributed by atoms with Gasteiger partial charge in [0, 0.05) is 12.6 Å². The van der Waals surface area contributed by atoms with Gasteiger partial charge in [0.15, 0.2) is 11.5 Å². The summed E-state index contributed by atoms with van der Waals surface area (Å²) in [5, 5.41) is 0. The molecule has 0 amide bonds. The van der Waals surface area contributed by atoms with E-state index in [1.54, 1.807) is 26.4 Å². The van der Waals surface area contributed by atoms with E-state index in [0.29, 0.717) is 11.5 Å². The fourth-order valence-electron chi connectivity index (χ4n) is 2.83. The highest BCUT2D eigenvalue weighted by molar-refractivity contribution is 7.89. The van der Waals surface area contributed by atoms with Crippen LogP contribution in [-0.4, -0.2) is 48.2 Å². The molecule has 7 heteroatoms. The molecule has 1 N–H and O–H groups in total. The summed E-state index contributed by atoms with van der Waals surface area (Å²) in [6, 6.07) is 12.4. The quantitative estimate of drug-likeness (QED) is 0.711. The number of nitrogens with zero attached hydrogens (tertiary/aromatic N) is 1. The van der Waals surface area contributed by atoms with Crippen LogP contribution in [0.1, 0.15) is 24.1 Å². The molecule has 2 aromatic rings. The van der Waals surface area contributed by atoms with E-state index in [4.69, 9.17) is 9.47 Å². The fraction of sp³-hybridized carbons (Fsp3) is 0.400. The Hall–Kier alpha value is -2.09. The first-order valence-electron chi connectivity index (χ1n) is 8.79. The molecule has 0 radical (unpaired) electrons. The van der Waals surface area contributed by atoms with E-state index in [-0.39, 0.29) is 17.5 Å². The lowest BCUT2D eigenvalue weighted by Gasteiger charge is -2.26. The number of sulfonamides is 1. The predicted octanol–water partition coefficient (Wildman–Crippen LogP) is 2.85. The Morgan fingerprint density at radius 1 is 1.00 bits per heavy atom. The molecule has 2 rings (SSSR count). The normalized spacial score (nSPS) is 12.8. The van der Waals surface area contributed by atoms with Crippen LogP contribution >= 0.6 is 0 Å². The summed E-state index contributed by atoms with van der Waals surface area (Å²) in [6.07, 6.45) is 0.871. The predicted molar refractivity (Wildman–Crippen MR) is 107 cm³/mol. The molecule has 0 bridgehead atoms. The molecule has 0 saturated carbocycles. The lowest BCUT2D eigenvalue weighted by molar-refractivity contribution is 0.297.